The Morgan fingerprint density at radius 2 is 1.82 bits per heavy atom. The van der Waals surface area contributed by atoms with E-state index < -0.39 is 0 Å². The Labute approximate surface area is 132 Å². The van der Waals surface area contributed by atoms with Crippen LogP contribution >= 0.6 is 0 Å². The smallest absolute Gasteiger partial charge is 0.139 e. The van der Waals surface area contributed by atoms with Crippen molar-refractivity contribution in [1.82, 2.24) is 0 Å². The molecule has 1 N–H and O–H groups in total. The van der Waals surface area contributed by atoms with E-state index in [9.17, 15) is 14.7 Å². The van der Waals surface area contributed by atoms with Gasteiger partial charge in [0.1, 0.15) is 11.6 Å². The molecule has 0 aromatic rings. The first-order chi connectivity index (χ1) is 10.4. The van der Waals surface area contributed by atoms with E-state index in [2.05, 4.69) is 13.8 Å². The summed E-state index contributed by atoms with van der Waals surface area (Å²) in [6.45, 7) is 4.49. The van der Waals surface area contributed by atoms with Gasteiger partial charge in [-0.15, -0.1) is 0 Å². The number of ketones is 2. The lowest BCUT2D eigenvalue weighted by Gasteiger charge is -2.59. The molecule has 0 radical (unpaired) electrons. The first kappa shape index (κ1) is 14.9. The minimum absolute atomic E-state index is 0.113. The van der Waals surface area contributed by atoms with Gasteiger partial charge >= 0.3 is 0 Å². The SMILES string of the molecule is C[C@]12CC[C@H](O)C[C@@H]1CC(=O)[C@@H]1[C@@H]2CC[C@]2(C)C(=O)CC[C@@H]12. The summed E-state index contributed by atoms with van der Waals surface area (Å²) in [5.74, 6) is 1.99. The average Bonchev–Trinajstić information content (AvgIpc) is 2.77. The third kappa shape index (κ3) is 1.78. The zero-order valence-corrected chi connectivity index (χ0v) is 13.8. The van der Waals surface area contributed by atoms with Gasteiger partial charge in [0.25, 0.3) is 0 Å². The fourth-order valence-corrected chi connectivity index (χ4v) is 6.68. The van der Waals surface area contributed by atoms with Crippen LogP contribution in [-0.2, 0) is 9.59 Å². The van der Waals surface area contributed by atoms with Crippen LogP contribution in [0.2, 0.25) is 0 Å². The van der Waals surface area contributed by atoms with Crippen LogP contribution in [0.15, 0.2) is 0 Å². The summed E-state index contributed by atoms with van der Waals surface area (Å²) in [5.41, 5.74) is -0.0288. The van der Waals surface area contributed by atoms with Gasteiger partial charge in [-0.05, 0) is 61.7 Å². The maximum absolute atomic E-state index is 12.9. The number of Topliss-reactive ketones (excluding diaryl/α,β-unsaturated/α-hetero) is 2. The van der Waals surface area contributed by atoms with Crippen molar-refractivity contribution in [3.8, 4) is 0 Å². The number of hydrogen-bond donors (Lipinski definition) is 1. The molecule has 4 saturated carbocycles. The molecule has 0 unspecified atom stereocenters. The highest BCUT2D eigenvalue weighted by Gasteiger charge is 2.62. The van der Waals surface area contributed by atoms with E-state index in [4.69, 9.17) is 0 Å². The van der Waals surface area contributed by atoms with Crippen molar-refractivity contribution in [3.63, 3.8) is 0 Å². The molecule has 4 fully saturated rings. The molecule has 0 aromatic heterocycles. The molecule has 0 heterocycles. The van der Waals surface area contributed by atoms with Gasteiger partial charge in [0.15, 0.2) is 0 Å². The molecule has 0 amide bonds. The van der Waals surface area contributed by atoms with Crippen molar-refractivity contribution in [2.24, 2.45) is 34.5 Å². The van der Waals surface area contributed by atoms with E-state index in [0.29, 0.717) is 36.2 Å². The number of rotatable bonds is 0. The minimum atomic E-state index is -0.228. The Bertz CT molecular complexity index is 527. The number of aliphatic hydroxyl groups is 1. The zero-order valence-electron chi connectivity index (χ0n) is 13.8. The third-order valence-corrected chi connectivity index (χ3v) is 8.15. The molecule has 122 valence electrons. The summed E-state index contributed by atoms with van der Waals surface area (Å²) in [4.78, 5) is 25.3. The summed E-state index contributed by atoms with van der Waals surface area (Å²) in [5, 5.41) is 10.0. The van der Waals surface area contributed by atoms with Gasteiger partial charge in [0, 0.05) is 24.2 Å². The first-order valence-corrected chi connectivity index (χ1v) is 9.10. The summed E-state index contributed by atoms with van der Waals surface area (Å²) in [6.07, 6.45) is 6.73. The molecule has 3 nitrogen and oxygen atoms in total. The molecule has 4 aliphatic carbocycles. The van der Waals surface area contributed by atoms with Crippen LogP contribution in [0.25, 0.3) is 0 Å². The number of carbonyl (C=O) groups is 2. The predicted molar refractivity (Wildman–Crippen MR) is 83.1 cm³/mol. The molecule has 3 heteroatoms. The molecule has 0 aromatic carbocycles. The normalized spacial score (nSPS) is 54.6. The Hall–Kier alpha value is -0.700. The minimum Gasteiger partial charge on any atom is -0.393 e. The van der Waals surface area contributed by atoms with Crippen LogP contribution in [0.4, 0.5) is 0 Å². The van der Waals surface area contributed by atoms with Crippen LogP contribution in [0.3, 0.4) is 0 Å². The average molecular weight is 304 g/mol. The molecule has 7 atom stereocenters. The molecule has 4 aliphatic rings. The van der Waals surface area contributed by atoms with E-state index in [1.54, 1.807) is 0 Å². The van der Waals surface area contributed by atoms with Crippen LogP contribution in [0, 0.1) is 34.5 Å². The Morgan fingerprint density at radius 1 is 1.05 bits per heavy atom. The molecule has 0 saturated heterocycles. The summed E-state index contributed by atoms with van der Waals surface area (Å²) < 4.78 is 0. The molecular weight excluding hydrogens is 276 g/mol. The highest BCUT2D eigenvalue weighted by molar-refractivity contribution is 5.90. The van der Waals surface area contributed by atoms with Crippen molar-refractivity contribution in [2.75, 3.05) is 0 Å². The van der Waals surface area contributed by atoms with Crippen LogP contribution in [0.5, 0.6) is 0 Å². The van der Waals surface area contributed by atoms with Gasteiger partial charge in [0.2, 0.25) is 0 Å². The van der Waals surface area contributed by atoms with Gasteiger partial charge in [0.05, 0.1) is 6.10 Å². The van der Waals surface area contributed by atoms with E-state index in [0.717, 1.165) is 38.5 Å². The summed E-state index contributed by atoms with van der Waals surface area (Å²) in [6, 6.07) is 0. The Morgan fingerprint density at radius 3 is 2.59 bits per heavy atom. The topological polar surface area (TPSA) is 54.4 Å². The molecule has 0 bridgehead atoms. The predicted octanol–water partition coefficient (Wildman–Crippen LogP) is 3.14. The lowest BCUT2D eigenvalue weighted by Crippen LogP contribution is -2.57. The number of carbonyl (C=O) groups excluding carboxylic acids is 2. The first-order valence-electron chi connectivity index (χ1n) is 9.10. The van der Waals surface area contributed by atoms with Crippen molar-refractivity contribution >= 4 is 11.6 Å². The quantitative estimate of drug-likeness (QED) is 0.748. The van der Waals surface area contributed by atoms with Gasteiger partial charge < -0.3 is 5.11 Å². The Kier molecular flexibility index (Phi) is 3.15. The molecule has 22 heavy (non-hydrogen) atoms. The number of fused-ring (bicyclic) bond motifs is 5. The number of hydrogen-bond acceptors (Lipinski definition) is 3. The van der Waals surface area contributed by atoms with E-state index in [-0.39, 0.29) is 28.8 Å². The van der Waals surface area contributed by atoms with E-state index in [1.165, 1.54) is 0 Å². The largest absolute Gasteiger partial charge is 0.393 e. The standard InChI is InChI=1S/C19H28O3/c1-18-7-5-12(20)9-11(18)10-15(21)17-13-3-4-16(22)19(13,2)8-6-14(17)18/h11-14,17,20H,3-10H2,1-2H3/t11-,12+,13+,14+,17+,18+,19+/m1/s1. The maximum Gasteiger partial charge on any atom is 0.139 e. The fourth-order valence-electron chi connectivity index (χ4n) is 6.68. The Balaban J connectivity index is 1.70. The second-order valence-corrected chi connectivity index (χ2v) is 8.96. The molecular formula is C19H28O3. The van der Waals surface area contributed by atoms with Gasteiger partial charge in [-0.25, -0.2) is 0 Å². The van der Waals surface area contributed by atoms with Gasteiger partial charge in [-0.1, -0.05) is 13.8 Å². The second-order valence-electron chi connectivity index (χ2n) is 8.96. The van der Waals surface area contributed by atoms with Crippen molar-refractivity contribution < 1.29 is 14.7 Å². The summed E-state index contributed by atoms with van der Waals surface area (Å²) >= 11 is 0. The van der Waals surface area contributed by atoms with Crippen LogP contribution in [0.1, 0.15) is 65.2 Å². The highest BCUT2D eigenvalue weighted by Crippen LogP contribution is 2.64. The van der Waals surface area contributed by atoms with Crippen molar-refractivity contribution in [3.05, 3.63) is 0 Å². The fraction of sp³-hybridized carbons (Fsp3) is 0.895. The van der Waals surface area contributed by atoms with Gasteiger partial charge in [-0.3, -0.25) is 9.59 Å². The monoisotopic (exact) mass is 304 g/mol. The maximum atomic E-state index is 12.9. The lowest BCUT2D eigenvalue weighted by molar-refractivity contribution is -0.160. The third-order valence-electron chi connectivity index (χ3n) is 8.15. The lowest BCUT2D eigenvalue weighted by atomic mass is 9.45. The van der Waals surface area contributed by atoms with Crippen molar-refractivity contribution in [1.29, 1.82) is 0 Å². The van der Waals surface area contributed by atoms with E-state index in [1.807, 2.05) is 0 Å². The van der Waals surface area contributed by atoms with E-state index >= 15 is 0 Å². The highest BCUT2D eigenvalue weighted by atomic mass is 16.3. The number of aliphatic hydroxyl groups excluding tert-OH is 1. The van der Waals surface area contributed by atoms with Crippen LogP contribution in [-0.4, -0.2) is 22.8 Å². The second kappa shape index (κ2) is 4.66. The zero-order chi connectivity index (χ0) is 15.7. The summed E-state index contributed by atoms with van der Waals surface area (Å²) in [7, 11) is 0. The van der Waals surface area contributed by atoms with Crippen LogP contribution < -0.4 is 0 Å². The van der Waals surface area contributed by atoms with Crippen molar-refractivity contribution in [2.45, 2.75) is 71.3 Å². The van der Waals surface area contributed by atoms with Gasteiger partial charge in [-0.2, -0.15) is 0 Å². The molecule has 0 aliphatic heterocycles. The molecule has 0 spiro atoms. The molecule has 4 rings (SSSR count).